The van der Waals surface area contributed by atoms with Crippen molar-refractivity contribution in [1.82, 2.24) is 5.32 Å². The Hall–Kier alpha value is -1.35. The average Bonchev–Trinajstić information content (AvgIpc) is 2.24. The maximum absolute atomic E-state index is 11.9. The number of hydrogen-bond acceptors (Lipinski definition) is 2. The van der Waals surface area contributed by atoms with Gasteiger partial charge in [0.15, 0.2) is 0 Å². The predicted molar refractivity (Wildman–Crippen MR) is 75.0 cm³/mol. The van der Waals surface area contributed by atoms with Crippen LogP contribution in [-0.2, 0) is 4.79 Å². The fraction of sp³-hybridized carbons (Fsp3) is 0.533. The molecular formula is C15H24N2O. The van der Waals surface area contributed by atoms with E-state index in [0.29, 0.717) is 6.42 Å². The first-order valence-corrected chi connectivity index (χ1v) is 6.40. The quantitative estimate of drug-likeness (QED) is 0.860. The summed E-state index contributed by atoms with van der Waals surface area (Å²) in [5.74, 6) is 0.00813. The highest BCUT2D eigenvalue weighted by Gasteiger charge is 2.27. The Labute approximate surface area is 110 Å². The molecule has 0 saturated heterocycles. The molecule has 0 fully saturated rings. The molecule has 2 atom stereocenters. The lowest BCUT2D eigenvalue weighted by Crippen LogP contribution is -2.38. The van der Waals surface area contributed by atoms with Gasteiger partial charge in [0.1, 0.15) is 0 Å². The molecule has 0 heterocycles. The second-order valence-electron chi connectivity index (χ2n) is 5.96. The van der Waals surface area contributed by atoms with E-state index in [4.69, 9.17) is 5.73 Å². The highest BCUT2D eigenvalue weighted by atomic mass is 16.1. The van der Waals surface area contributed by atoms with E-state index in [1.54, 1.807) is 0 Å². The summed E-state index contributed by atoms with van der Waals surface area (Å²) in [5, 5.41) is 3.09. The van der Waals surface area contributed by atoms with Crippen LogP contribution in [0.3, 0.4) is 0 Å². The summed E-state index contributed by atoms with van der Waals surface area (Å²) in [4.78, 5) is 11.9. The van der Waals surface area contributed by atoms with Crippen molar-refractivity contribution in [3.8, 4) is 0 Å². The SMILES string of the molecule is CC(N)CC(=O)NC(c1ccccc1)C(C)(C)C. The Kier molecular flexibility index (Phi) is 4.91. The van der Waals surface area contributed by atoms with E-state index < -0.39 is 0 Å². The van der Waals surface area contributed by atoms with Gasteiger partial charge in [-0.2, -0.15) is 0 Å². The lowest BCUT2D eigenvalue weighted by atomic mass is 9.82. The van der Waals surface area contributed by atoms with Crippen LogP contribution in [0.4, 0.5) is 0 Å². The Bertz CT molecular complexity index is 379. The molecule has 3 heteroatoms. The Morgan fingerprint density at radius 1 is 1.28 bits per heavy atom. The van der Waals surface area contributed by atoms with Gasteiger partial charge < -0.3 is 11.1 Å². The van der Waals surface area contributed by atoms with Crippen molar-refractivity contribution in [1.29, 1.82) is 0 Å². The van der Waals surface area contributed by atoms with Gasteiger partial charge in [-0.1, -0.05) is 51.1 Å². The van der Waals surface area contributed by atoms with Gasteiger partial charge in [0.05, 0.1) is 6.04 Å². The van der Waals surface area contributed by atoms with Crippen molar-refractivity contribution in [3.05, 3.63) is 35.9 Å². The van der Waals surface area contributed by atoms with Crippen molar-refractivity contribution in [2.45, 2.75) is 46.2 Å². The topological polar surface area (TPSA) is 55.1 Å². The number of nitrogens with two attached hydrogens (primary N) is 1. The summed E-state index contributed by atoms with van der Waals surface area (Å²) < 4.78 is 0. The number of carbonyl (C=O) groups excluding carboxylic acids is 1. The highest BCUT2D eigenvalue weighted by Crippen LogP contribution is 2.32. The minimum absolute atomic E-state index is 0.00458. The third-order valence-corrected chi connectivity index (χ3v) is 2.81. The van der Waals surface area contributed by atoms with Crippen LogP contribution in [0.2, 0.25) is 0 Å². The molecule has 0 aliphatic heterocycles. The van der Waals surface area contributed by atoms with E-state index in [-0.39, 0.29) is 23.4 Å². The van der Waals surface area contributed by atoms with Gasteiger partial charge in [-0.25, -0.2) is 0 Å². The molecule has 0 bridgehead atoms. The number of benzene rings is 1. The minimum Gasteiger partial charge on any atom is -0.349 e. The second-order valence-corrected chi connectivity index (χ2v) is 5.96. The minimum atomic E-state index is -0.110. The molecule has 18 heavy (non-hydrogen) atoms. The van der Waals surface area contributed by atoms with Crippen molar-refractivity contribution in [2.24, 2.45) is 11.1 Å². The summed E-state index contributed by atoms with van der Waals surface area (Å²) in [5.41, 5.74) is 6.75. The lowest BCUT2D eigenvalue weighted by Gasteiger charge is -2.32. The van der Waals surface area contributed by atoms with Gasteiger partial charge in [0.25, 0.3) is 0 Å². The van der Waals surface area contributed by atoms with Crippen LogP contribution >= 0.6 is 0 Å². The fourth-order valence-corrected chi connectivity index (χ4v) is 1.96. The monoisotopic (exact) mass is 248 g/mol. The van der Waals surface area contributed by atoms with Crippen LogP contribution < -0.4 is 11.1 Å². The van der Waals surface area contributed by atoms with Crippen LogP contribution in [0.25, 0.3) is 0 Å². The molecule has 1 rings (SSSR count). The van der Waals surface area contributed by atoms with E-state index in [1.165, 1.54) is 0 Å². The maximum Gasteiger partial charge on any atom is 0.222 e. The zero-order valence-corrected chi connectivity index (χ0v) is 11.7. The first kappa shape index (κ1) is 14.7. The van der Waals surface area contributed by atoms with Crippen molar-refractivity contribution >= 4 is 5.91 Å². The molecule has 0 aromatic heterocycles. The first-order chi connectivity index (χ1) is 8.30. The first-order valence-electron chi connectivity index (χ1n) is 6.40. The number of amides is 1. The van der Waals surface area contributed by atoms with Gasteiger partial charge in [0, 0.05) is 12.5 Å². The van der Waals surface area contributed by atoms with E-state index in [9.17, 15) is 4.79 Å². The molecule has 0 radical (unpaired) electrons. The van der Waals surface area contributed by atoms with E-state index >= 15 is 0 Å². The molecule has 0 aliphatic carbocycles. The molecule has 1 aromatic carbocycles. The summed E-state index contributed by atoms with van der Waals surface area (Å²) in [7, 11) is 0. The van der Waals surface area contributed by atoms with Gasteiger partial charge in [-0.3, -0.25) is 4.79 Å². The largest absolute Gasteiger partial charge is 0.349 e. The Morgan fingerprint density at radius 3 is 2.28 bits per heavy atom. The molecule has 0 spiro atoms. The molecule has 3 nitrogen and oxygen atoms in total. The summed E-state index contributed by atoms with van der Waals surface area (Å²) >= 11 is 0. The zero-order chi connectivity index (χ0) is 13.8. The van der Waals surface area contributed by atoms with E-state index in [2.05, 4.69) is 26.1 Å². The fourth-order valence-electron chi connectivity index (χ4n) is 1.96. The maximum atomic E-state index is 11.9. The highest BCUT2D eigenvalue weighted by molar-refractivity contribution is 5.77. The number of nitrogens with one attached hydrogen (secondary N) is 1. The molecule has 1 amide bonds. The van der Waals surface area contributed by atoms with Crippen LogP contribution in [0.5, 0.6) is 0 Å². The van der Waals surface area contributed by atoms with Gasteiger partial charge in [0.2, 0.25) is 5.91 Å². The van der Waals surface area contributed by atoms with Crippen LogP contribution in [0, 0.1) is 5.41 Å². The number of carbonyl (C=O) groups is 1. The predicted octanol–water partition coefficient (Wildman–Crippen LogP) is 2.63. The molecule has 100 valence electrons. The van der Waals surface area contributed by atoms with Crippen molar-refractivity contribution in [3.63, 3.8) is 0 Å². The van der Waals surface area contributed by atoms with Crippen LogP contribution in [-0.4, -0.2) is 11.9 Å². The third kappa shape index (κ3) is 4.49. The third-order valence-electron chi connectivity index (χ3n) is 2.81. The normalized spacial score (nSPS) is 14.9. The Morgan fingerprint density at radius 2 is 1.83 bits per heavy atom. The lowest BCUT2D eigenvalue weighted by molar-refractivity contribution is -0.122. The summed E-state index contributed by atoms with van der Waals surface area (Å²) in [6, 6.07) is 9.95. The van der Waals surface area contributed by atoms with E-state index in [1.807, 2.05) is 37.3 Å². The summed E-state index contributed by atoms with van der Waals surface area (Å²) in [6.07, 6.45) is 0.361. The van der Waals surface area contributed by atoms with Crippen molar-refractivity contribution in [2.75, 3.05) is 0 Å². The molecular weight excluding hydrogens is 224 g/mol. The van der Waals surface area contributed by atoms with E-state index in [0.717, 1.165) is 5.56 Å². The van der Waals surface area contributed by atoms with Crippen LogP contribution in [0.1, 0.15) is 45.7 Å². The second kappa shape index (κ2) is 6.01. The van der Waals surface area contributed by atoms with Crippen molar-refractivity contribution < 1.29 is 4.79 Å². The van der Waals surface area contributed by atoms with Gasteiger partial charge >= 0.3 is 0 Å². The van der Waals surface area contributed by atoms with Crippen LogP contribution in [0.15, 0.2) is 30.3 Å². The standard InChI is InChI=1S/C15H24N2O/c1-11(16)10-13(18)17-14(15(2,3)4)12-8-6-5-7-9-12/h5-9,11,14H,10,16H2,1-4H3,(H,17,18). The Balaban J connectivity index is 2.85. The zero-order valence-electron chi connectivity index (χ0n) is 11.7. The molecule has 0 saturated carbocycles. The number of rotatable bonds is 4. The molecule has 2 unspecified atom stereocenters. The van der Waals surface area contributed by atoms with Gasteiger partial charge in [-0.15, -0.1) is 0 Å². The van der Waals surface area contributed by atoms with Gasteiger partial charge in [-0.05, 0) is 17.9 Å². The molecule has 3 N–H and O–H groups in total. The number of hydrogen-bond donors (Lipinski definition) is 2. The summed E-state index contributed by atoms with van der Waals surface area (Å²) in [6.45, 7) is 8.21. The molecule has 0 aliphatic rings. The smallest absolute Gasteiger partial charge is 0.222 e. The average molecular weight is 248 g/mol. The molecule has 1 aromatic rings.